The van der Waals surface area contributed by atoms with E-state index < -0.39 is 6.10 Å². The fraction of sp³-hybridized carbons (Fsp3) is 0.350. The lowest BCUT2D eigenvalue weighted by atomic mass is 10.1. The van der Waals surface area contributed by atoms with Gasteiger partial charge in [-0.2, -0.15) is 11.8 Å². The molecule has 2 rings (SSSR count). The number of aryl methyl sites for hydroxylation is 2. The van der Waals surface area contributed by atoms with E-state index in [4.69, 9.17) is 16.3 Å². The first-order valence-electron chi connectivity index (χ1n) is 8.30. The predicted molar refractivity (Wildman–Crippen MR) is 107 cm³/mol. The van der Waals surface area contributed by atoms with E-state index in [-0.39, 0.29) is 5.91 Å². The fourth-order valence-corrected chi connectivity index (χ4v) is 3.41. The lowest BCUT2D eigenvalue weighted by Crippen LogP contribution is -2.37. The summed E-state index contributed by atoms with van der Waals surface area (Å²) in [5.74, 6) is 2.33. The average Bonchev–Trinajstić information content (AvgIpc) is 2.59. The highest BCUT2D eigenvalue weighted by Gasteiger charge is 2.15. The third-order valence-corrected chi connectivity index (χ3v) is 5.15. The number of thioether (sulfide) groups is 1. The largest absolute Gasteiger partial charge is 0.481 e. The first-order chi connectivity index (χ1) is 12.0. The highest BCUT2D eigenvalue weighted by Crippen LogP contribution is 2.21. The molecule has 0 saturated heterocycles. The van der Waals surface area contributed by atoms with Crippen LogP contribution in [-0.2, 0) is 10.5 Å². The van der Waals surface area contributed by atoms with Crippen molar-refractivity contribution in [3.8, 4) is 5.75 Å². The van der Waals surface area contributed by atoms with Crippen molar-refractivity contribution in [2.45, 2.75) is 32.6 Å². The number of halogens is 1. The fourth-order valence-electron chi connectivity index (χ4n) is 2.27. The first-order valence-corrected chi connectivity index (χ1v) is 9.83. The van der Waals surface area contributed by atoms with Crippen LogP contribution >= 0.6 is 23.4 Å². The standard InChI is InChI=1S/C20H24ClNO2S/c1-14-8-9-15(2)19(12-14)24-16(3)20(23)22-10-11-25-13-17-6-4-5-7-18(17)21/h4-9,12,16H,10-11,13H2,1-3H3,(H,22,23)/t16-/m0/s1. The average molecular weight is 378 g/mol. The zero-order valence-corrected chi connectivity index (χ0v) is 16.4. The Hall–Kier alpha value is -1.65. The van der Waals surface area contributed by atoms with Gasteiger partial charge in [0, 0.05) is 23.1 Å². The van der Waals surface area contributed by atoms with Gasteiger partial charge in [0.15, 0.2) is 6.10 Å². The summed E-state index contributed by atoms with van der Waals surface area (Å²) >= 11 is 7.87. The number of carbonyl (C=O) groups excluding carboxylic acids is 1. The third kappa shape index (κ3) is 6.29. The number of hydrogen-bond acceptors (Lipinski definition) is 3. The Morgan fingerprint density at radius 1 is 1.24 bits per heavy atom. The molecule has 1 amide bonds. The van der Waals surface area contributed by atoms with Crippen LogP contribution in [0.15, 0.2) is 42.5 Å². The van der Waals surface area contributed by atoms with Crippen molar-refractivity contribution in [3.63, 3.8) is 0 Å². The first kappa shape index (κ1) is 19.7. The maximum Gasteiger partial charge on any atom is 0.260 e. The second-order valence-corrected chi connectivity index (χ2v) is 7.48. The van der Waals surface area contributed by atoms with Gasteiger partial charge in [0.2, 0.25) is 0 Å². The molecule has 0 spiro atoms. The molecule has 5 heteroatoms. The molecule has 0 saturated carbocycles. The summed E-state index contributed by atoms with van der Waals surface area (Å²) in [6.45, 7) is 6.36. The van der Waals surface area contributed by atoms with E-state index >= 15 is 0 Å². The number of nitrogens with one attached hydrogen (secondary N) is 1. The van der Waals surface area contributed by atoms with Crippen molar-refractivity contribution in [2.24, 2.45) is 0 Å². The molecule has 0 aliphatic heterocycles. The van der Waals surface area contributed by atoms with Crippen LogP contribution in [0.5, 0.6) is 5.75 Å². The number of carbonyl (C=O) groups is 1. The minimum atomic E-state index is -0.519. The van der Waals surface area contributed by atoms with Gasteiger partial charge in [-0.05, 0) is 49.6 Å². The van der Waals surface area contributed by atoms with E-state index in [9.17, 15) is 4.79 Å². The van der Waals surface area contributed by atoms with E-state index in [0.29, 0.717) is 6.54 Å². The van der Waals surface area contributed by atoms with Crippen molar-refractivity contribution in [3.05, 3.63) is 64.2 Å². The highest BCUT2D eigenvalue weighted by atomic mass is 35.5. The molecule has 1 N–H and O–H groups in total. The number of benzene rings is 2. The molecule has 3 nitrogen and oxygen atoms in total. The van der Waals surface area contributed by atoms with Gasteiger partial charge in [0.25, 0.3) is 5.91 Å². The Kier molecular flexibility index (Phi) is 7.66. The minimum absolute atomic E-state index is 0.0979. The van der Waals surface area contributed by atoms with Crippen LogP contribution in [0.1, 0.15) is 23.6 Å². The normalized spacial score (nSPS) is 11.8. The Labute approximate surface area is 159 Å². The van der Waals surface area contributed by atoms with Crippen LogP contribution < -0.4 is 10.1 Å². The quantitative estimate of drug-likeness (QED) is 0.673. The van der Waals surface area contributed by atoms with Crippen LogP contribution in [0, 0.1) is 13.8 Å². The Morgan fingerprint density at radius 2 is 2.00 bits per heavy atom. The van der Waals surface area contributed by atoms with Crippen molar-refractivity contribution >= 4 is 29.3 Å². The van der Waals surface area contributed by atoms with Gasteiger partial charge in [-0.15, -0.1) is 0 Å². The van der Waals surface area contributed by atoms with Crippen LogP contribution in [0.3, 0.4) is 0 Å². The molecule has 0 aliphatic carbocycles. The molecular weight excluding hydrogens is 354 g/mol. The van der Waals surface area contributed by atoms with E-state index in [0.717, 1.165) is 39.0 Å². The lowest BCUT2D eigenvalue weighted by Gasteiger charge is -2.16. The molecule has 1 atom stereocenters. The van der Waals surface area contributed by atoms with Gasteiger partial charge >= 0.3 is 0 Å². The van der Waals surface area contributed by atoms with Crippen LogP contribution in [0.25, 0.3) is 0 Å². The van der Waals surface area contributed by atoms with Gasteiger partial charge in [0.05, 0.1) is 0 Å². The molecule has 0 fully saturated rings. The summed E-state index contributed by atoms with van der Waals surface area (Å²) in [5.41, 5.74) is 3.26. The summed E-state index contributed by atoms with van der Waals surface area (Å²) in [6, 6.07) is 13.8. The molecule has 0 heterocycles. The molecule has 0 aromatic heterocycles. The molecule has 0 radical (unpaired) electrons. The maximum atomic E-state index is 12.2. The van der Waals surface area contributed by atoms with Gasteiger partial charge in [-0.25, -0.2) is 0 Å². The van der Waals surface area contributed by atoms with E-state index in [2.05, 4.69) is 5.32 Å². The monoisotopic (exact) mass is 377 g/mol. The molecule has 0 aliphatic rings. The van der Waals surface area contributed by atoms with E-state index in [1.807, 2.05) is 56.3 Å². The Morgan fingerprint density at radius 3 is 2.76 bits per heavy atom. The summed E-state index contributed by atoms with van der Waals surface area (Å²) < 4.78 is 5.79. The molecular formula is C20H24ClNO2S. The molecule has 0 unspecified atom stereocenters. The molecule has 25 heavy (non-hydrogen) atoms. The smallest absolute Gasteiger partial charge is 0.260 e. The maximum absolute atomic E-state index is 12.2. The van der Waals surface area contributed by atoms with Crippen molar-refractivity contribution in [2.75, 3.05) is 12.3 Å². The van der Waals surface area contributed by atoms with Crippen molar-refractivity contribution in [1.29, 1.82) is 0 Å². The highest BCUT2D eigenvalue weighted by molar-refractivity contribution is 7.98. The topological polar surface area (TPSA) is 38.3 Å². The van der Waals surface area contributed by atoms with Crippen molar-refractivity contribution < 1.29 is 9.53 Å². The minimum Gasteiger partial charge on any atom is -0.481 e. The van der Waals surface area contributed by atoms with Gasteiger partial charge in [-0.1, -0.05) is 41.9 Å². The second-order valence-electron chi connectivity index (χ2n) is 5.96. The summed E-state index contributed by atoms with van der Waals surface area (Å²) in [5, 5.41) is 3.71. The van der Waals surface area contributed by atoms with Crippen LogP contribution in [0.2, 0.25) is 5.02 Å². The summed E-state index contributed by atoms with van der Waals surface area (Å²) in [7, 11) is 0. The number of rotatable bonds is 8. The molecule has 134 valence electrons. The second kappa shape index (κ2) is 9.73. The van der Waals surface area contributed by atoms with Gasteiger partial charge in [-0.3, -0.25) is 4.79 Å². The van der Waals surface area contributed by atoms with Crippen LogP contribution in [-0.4, -0.2) is 24.3 Å². The van der Waals surface area contributed by atoms with E-state index in [1.165, 1.54) is 0 Å². The number of ether oxygens (including phenoxy) is 1. The Bertz CT molecular complexity index is 721. The molecule has 2 aromatic carbocycles. The third-order valence-electron chi connectivity index (χ3n) is 3.78. The summed E-state index contributed by atoms with van der Waals surface area (Å²) in [6.07, 6.45) is -0.519. The Balaban J connectivity index is 1.71. The molecule has 0 bridgehead atoms. The molecule has 2 aromatic rings. The van der Waals surface area contributed by atoms with Gasteiger partial charge < -0.3 is 10.1 Å². The number of amides is 1. The van der Waals surface area contributed by atoms with Crippen LogP contribution in [0.4, 0.5) is 0 Å². The lowest BCUT2D eigenvalue weighted by molar-refractivity contribution is -0.127. The number of hydrogen-bond donors (Lipinski definition) is 1. The van der Waals surface area contributed by atoms with Gasteiger partial charge in [0.1, 0.15) is 5.75 Å². The van der Waals surface area contributed by atoms with E-state index in [1.54, 1.807) is 18.7 Å². The van der Waals surface area contributed by atoms with Crippen molar-refractivity contribution in [1.82, 2.24) is 5.32 Å². The summed E-state index contributed by atoms with van der Waals surface area (Å²) in [4.78, 5) is 12.2. The zero-order valence-electron chi connectivity index (χ0n) is 14.8. The SMILES string of the molecule is Cc1ccc(C)c(O[C@@H](C)C(=O)NCCSCc2ccccc2Cl)c1. The zero-order chi connectivity index (χ0) is 18.2. The predicted octanol–water partition coefficient (Wildman–Crippen LogP) is 4.77.